The Bertz CT molecular complexity index is 2400. The third-order valence-corrected chi connectivity index (χ3v) is 17.9. The van der Waals surface area contributed by atoms with E-state index in [4.69, 9.17) is 0 Å². The average molecular weight is 988 g/mol. The van der Waals surface area contributed by atoms with Gasteiger partial charge in [-0.1, -0.05) is 195 Å². The summed E-state index contributed by atoms with van der Waals surface area (Å²) in [5.74, 6) is 1.20. The molecule has 6 nitrogen and oxygen atoms in total. The summed E-state index contributed by atoms with van der Waals surface area (Å²) in [6.07, 6.45) is 30.1. The number of thioether (sulfide) groups is 2. The van der Waals surface area contributed by atoms with Crippen LogP contribution in [0.25, 0.3) is 43.1 Å². The number of amides is 4. The Balaban J connectivity index is 1.45. The highest BCUT2D eigenvalue weighted by Gasteiger charge is 2.42. The first kappa shape index (κ1) is 54.2. The molecule has 7 rings (SSSR count). The molecule has 0 fully saturated rings. The highest BCUT2D eigenvalue weighted by Crippen LogP contribution is 2.52. The lowest BCUT2D eigenvalue weighted by Crippen LogP contribution is -2.47. The van der Waals surface area contributed by atoms with Gasteiger partial charge in [-0.3, -0.25) is 29.0 Å². The van der Waals surface area contributed by atoms with E-state index in [1.807, 2.05) is 35.7 Å². The molecule has 0 atom stereocenters. The minimum absolute atomic E-state index is 0.130. The number of hydrogen-bond donors (Lipinski definition) is 0. The second kappa shape index (κ2) is 26.9. The number of nitrogens with zero attached hydrogens (tertiary/aromatic N) is 2. The van der Waals surface area contributed by atoms with Crippen LogP contribution >= 0.6 is 23.5 Å². The van der Waals surface area contributed by atoms with Crippen LogP contribution in [0.2, 0.25) is 0 Å². The first-order chi connectivity index (χ1) is 34.3. The van der Waals surface area contributed by atoms with E-state index in [0.717, 1.165) is 231 Å². The van der Waals surface area contributed by atoms with Crippen LogP contribution in [0.15, 0.2) is 46.2 Å². The molecular weight excluding hydrogens is 901 g/mol. The summed E-state index contributed by atoms with van der Waals surface area (Å²) in [6.45, 7) is 13.4. The summed E-state index contributed by atoms with van der Waals surface area (Å²) in [6, 6.07) is 12.3. The van der Waals surface area contributed by atoms with Gasteiger partial charge in [-0.05, 0) is 90.5 Å². The molecule has 0 saturated heterocycles. The van der Waals surface area contributed by atoms with Crippen molar-refractivity contribution in [1.29, 1.82) is 0 Å². The summed E-state index contributed by atoms with van der Waals surface area (Å²) >= 11 is 3.67. The zero-order chi connectivity index (χ0) is 49.6. The molecule has 2 heterocycles. The lowest BCUT2D eigenvalue weighted by molar-refractivity contribution is 0.0501. The molecule has 0 spiro atoms. The number of benzene rings is 5. The molecule has 2 aliphatic heterocycles. The fraction of sp³-hybridized carbons (Fsp3) is 0.613. The van der Waals surface area contributed by atoms with Crippen molar-refractivity contribution in [3.63, 3.8) is 0 Å². The second-order valence-corrected chi connectivity index (χ2v) is 23.2. The maximum atomic E-state index is 15.4. The van der Waals surface area contributed by atoms with E-state index >= 15 is 19.2 Å². The van der Waals surface area contributed by atoms with Gasteiger partial charge < -0.3 is 0 Å². The maximum absolute atomic E-state index is 15.4. The van der Waals surface area contributed by atoms with Crippen LogP contribution in [-0.2, 0) is 0 Å². The fourth-order valence-electron chi connectivity index (χ4n) is 11.8. The number of carbonyl (C=O) groups is 4. The Labute approximate surface area is 430 Å². The van der Waals surface area contributed by atoms with Gasteiger partial charge in [0.15, 0.2) is 0 Å². The van der Waals surface area contributed by atoms with Gasteiger partial charge in [-0.15, -0.1) is 23.5 Å². The molecule has 0 aliphatic carbocycles. The lowest BCUT2D eigenvalue weighted by Gasteiger charge is -2.36. The van der Waals surface area contributed by atoms with Crippen molar-refractivity contribution in [2.45, 2.75) is 243 Å². The van der Waals surface area contributed by atoms with Crippen LogP contribution < -0.4 is 0 Å². The van der Waals surface area contributed by atoms with Crippen molar-refractivity contribution in [2.75, 3.05) is 11.5 Å². The predicted molar refractivity (Wildman–Crippen MR) is 301 cm³/mol. The third-order valence-electron chi connectivity index (χ3n) is 15.6. The van der Waals surface area contributed by atoms with Gasteiger partial charge in [0, 0.05) is 71.1 Å². The molecule has 0 unspecified atom stereocenters. The average Bonchev–Trinajstić information content (AvgIpc) is 3.36. The first-order valence-corrected chi connectivity index (χ1v) is 30.5. The summed E-state index contributed by atoms with van der Waals surface area (Å²) in [5.41, 5.74) is 2.53. The van der Waals surface area contributed by atoms with Crippen molar-refractivity contribution in [2.24, 2.45) is 0 Å². The van der Waals surface area contributed by atoms with Crippen molar-refractivity contribution < 1.29 is 19.2 Å². The minimum Gasteiger partial charge on any atom is -0.271 e. The Kier molecular flexibility index (Phi) is 20.8. The Hall–Kier alpha value is -3.62. The van der Waals surface area contributed by atoms with Gasteiger partial charge in [-0.25, -0.2) is 0 Å². The van der Waals surface area contributed by atoms with Crippen molar-refractivity contribution in [1.82, 2.24) is 9.80 Å². The molecule has 5 aromatic carbocycles. The summed E-state index contributed by atoms with van der Waals surface area (Å²) in [5, 5.41) is 7.61. The van der Waals surface area contributed by atoms with Gasteiger partial charge in [0.25, 0.3) is 23.6 Å². The topological polar surface area (TPSA) is 74.8 Å². The number of imide groups is 2. The molecule has 0 bridgehead atoms. The van der Waals surface area contributed by atoms with Crippen molar-refractivity contribution in [3.8, 4) is 0 Å². The zero-order valence-electron chi connectivity index (χ0n) is 44.2. The summed E-state index contributed by atoms with van der Waals surface area (Å²) < 4.78 is 0. The number of rotatable bonds is 34. The largest absolute Gasteiger partial charge is 0.271 e. The highest BCUT2D eigenvalue weighted by atomic mass is 32.2. The predicted octanol–water partition coefficient (Wildman–Crippen LogP) is 18.9. The molecule has 0 N–H and O–H groups in total. The molecule has 380 valence electrons. The smallest absolute Gasteiger partial charge is 0.261 e. The van der Waals surface area contributed by atoms with Gasteiger partial charge in [-0.2, -0.15) is 0 Å². The molecule has 0 aromatic heterocycles. The normalized spacial score (nSPS) is 14.0. The highest BCUT2D eigenvalue weighted by molar-refractivity contribution is 7.99. The van der Waals surface area contributed by atoms with Crippen molar-refractivity contribution >= 4 is 90.2 Å². The maximum Gasteiger partial charge on any atom is 0.261 e. The minimum atomic E-state index is -0.167. The Morgan fingerprint density at radius 1 is 0.343 bits per heavy atom. The molecule has 2 aliphatic rings. The van der Waals surface area contributed by atoms with E-state index in [0.29, 0.717) is 22.3 Å². The molecule has 0 radical (unpaired) electrons. The van der Waals surface area contributed by atoms with Crippen LogP contribution in [0.4, 0.5) is 0 Å². The Morgan fingerprint density at radius 2 is 0.657 bits per heavy atom. The molecule has 0 saturated carbocycles. The van der Waals surface area contributed by atoms with Gasteiger partial charge >= 0.3 is 0 Å². The van der Waals surface area contributed by atoms with Crippen LogP contribution in [0.5, 0.6) is 0 Å². The number of carbonyl (C=O) groups excluding carboxylic acids is 4. The first-order valence-electron chi connectivity index (χ1n) is 28.6. The lowest BCUT2D eigenvalue weighted by atomic mass is 9.81. The third kappa shape index (κ3) is 11.7. The van der Waals surface area contributed by atoms with E-state index in [9.17, 15) is 0 Å². The number of hydrogen-bond acceptors (Lipinski definition) is 6. The second-order valence-electron chi connectivity index (χ2n) is 20.9. The number of unbranched alkanes of at least 4 members (excludes halogenated alkanes) is 18. The van der Waals surface area contributed by atoms with Crippen molar-refractivity contribution in [3.05, 3.63) is 58.7 Å². The van der Waals surface area contributed by atoms with E-state index in [1.165, 1.54) is 12.8 Å². The van der Waals surface area contributed by atoms with Crippen LogP contribution in [0.3, 0.4) is 0 Å². The zero-order valence-corrected chi connectivity index (χ0v) is 45.8. The van der Waals surface area contributed by atoms with E-state index in [1.54, 1.807) is 9.80 Å². The summed E-state index contributed by atoms with van der Waals surface area (Å²) in [4.78, 5) is 66.5. The van der Waals surface area contributed by atoms with Crippen LogP contribution in [-0.4, -0.2) is 57.0 Å². The number of fused-ring (bicyclic) bond motifs is 2. The van der Waals surface area contributed by atoms with Gasteiger partial charge in [0.2, 0.25) is 0 Å². The van der Waals surface area contributed by atoms with Crippen LogP contribution in [0.1, 0.15) is 263 Å². The SMILES string of the molecule is CCCCCCSc1cc2c3c(cc(SCCCCCC)c4c5ccc6c7c(ccc(c1c34)c75)C(=O)N(C(CCCCCC)CCCCCC)C6=O)C(=O)N(C(CCCCCC)CCCCCC)C2=O. The van der Waals surface area contributed by atoms with E-state index < -0.39 is 0 Å². The Morgan fingerprint density at radius 3 is 1.00 bits per heavy atom. The molecular formula is C62H86N2O4S2. The van der Waals surface area contributed by atoms with Gasteiger partial charge in [0.1, 0.15) is 0 Å². The fourth-order valence-corrected chi connectivity index (χ4v) is 14.0. The summed E-state index contributed by atoms with van der Waals surface area (Å²) in [7, 11) is 0. The standard InChI is InChI=1S/C62H86N2O4S2/c1-7-13-19-25-31-43(32-26-20-14-8-2)63-59(65)47-37-35-45-53-46(36-38-48(54(47)53)60(63)66)57-52(70-40-30-24-18-12-6)42-50-55-49(41-51(56(45)58(55)57)69-39-29-23-17-11-5)61(67)64(62(50)68)44(33-27-21-15-9-3)34-28-22-16-10-4/h35-38,41-44H,7-34,39-40H2,1-6H3. The molecule has 8 heteroatoms. The molecule has 5 aromatic rings. The van der Waals surface area contributed by atoms with E-state index in [-0.39, 0.29) is 35.7 Å². The van der Waals surface area contributed by atoms with E-state index in [2.05, 4.69) is 65.8 Å². The quantitative estimate of drug-likeness (QED) is 0.0134. The molecule has 70 heavy (non-hydrogen) atoms. The molecule has 4 amide bonds. The van der Waals surface area contributed by atoms with Gasteiger partial charge in [0.05, 0.1) is 0 Å². The monoisotopic (exact) mass is 987 g/mol. The van der Waals surface area contributed by atoms with Crippen LogP contribution in [0, 0.1) is 0 Å².